The second-order valence-electron chi connectivity index (χ2n) is 6.00. The van der Waals surface area contributed by atoms with Crippen molar-refractivity contribution in [2.24, 2.45) is 5.92 Å². The first kappa shape index (κ1) is 13.4. The van der Waals surface area contributed by atoms with E-state index in [0.717, 1.165) is 23.4 Å². The summed E-state index contributed by atoms with van der Waals surface area (Å²) in [5.41, 5.74) is 1.02. The van der Waals surface area contributed by atoms with Gasteiger partial charge in [-0.3, -0.25) is 0 Å². The average molecular weight is 269 g/mol. The number of benzene rings is 2. The van der Waals surface area contributed by atoms with Crippen molar-refractivity contribution in [1.82, 2.24) is 5.32 Å². The predicted octanol–water partition coefficient (Wildman–Crippen LogP) is 4.21. The van der Waals surface area contributed by atoms with E-state index in [4.69, 9.17) is 0 Å². The highest BCUT2D eigenvalue weighted by Crippen LogP contribution is 2.29. The fourth-order valence-corrected chi connectivity index (χ4v) is 3.40. The zero-order valence-electron chi connectivity index (χ0n) is 12.1. The molecule has 2 aromatic rings. The first-order valence-electron chi connectivity index (χ1n) is 7.68. The van der Waals surface area contributed by atoms with Crippen molar-refractivity contribution in [2.75, 3.05) is 0 Å². The Labute approximate surface area is 120 Å². The Morgan fingerprint density at radius 1 is 1.15 bits per heavy atom. The van der Waals surface area contributed by atoms with Gasteiger partial charge in [0.2, 0.25) is 0 Å². The van der Waals surface area contributed by atoms with E-state index in [0.29, 0.717) is 11.8 Å². The van der Waals surface area contributed by atoms with Gasteiger partial charge in [-0.1, -0.05) is 43.2 Å². The molecule has 1 saturated carbocycles. The average Bonchev–Trinajstić information content (AvgIpc) is 3.00. The van der Waals surface area contributed by atoms with Crippen LogP contribution in [0, 0.1) is 5.92 Å². The van der Waals surface area contributed by atoms with Gasteiger partial charge in [0.05, 0.1) is 0 Å². The first-order chi connectivity index (χ1) is 9.75. The van der Waals surface area contributed by atoms with Crippen LogP contribution in [0.5, 0.6) is 5.75 Å². The maximum atomic E-state index is 10.1. The number of fused-ring (bicyclic) bond motifs is 1. The van der Waals surface area contributed by atoms with E-state index < -0.39 is 0 Å². The summed E-state index contributed by atoms with van der Waals surface area (Å²) in [5.74, 6) is 1.20. The Morgan fingerprint density at radius 3 is 2.70 bits per heavy atom. The molecule has 0 aromatic heterocycles. The summed E-state index contributed by atoms with van der Waals surface area (Å²) in [7, 11) is 0. The van der Waals surface area contributed by atoms with Gasteiger partial charge in [0.1, 0.15) is 5.75 Å². The van der Waals surface area contributed by atoms with Crippen LogP contribution in [0.3, 0.4) is 0 Å². The molecule has 0 amide bonds. The van der Waals surface area contributed by atoms with Crippen molar-refractivity contribution in [3.63, 3.8) is 0 Å². The van der Waals surface area contributed by atoms with Crippen molar-refractivity contribution >= 4 is 10.8 Å². The second-order valence-corrected chi connectivity index (χ2v) is 6.00. The number of hydrogen-bond acceptors (Lipinski definition) is 2. The van der Waals surface area contributed by atoms with Crippen molar-refractivity contribution in [3.05, 3.63) is 42.0 Å². The van der Waals surface area contributed by atoms with E-state index in [1.54, 1.807) is 6.07 Å². The molecule has 2 aromatic carbocycles. The molecule has 2 heteroatoms. The molecule has 3 rings (SSSR count). The quantitative estimate of drug-likeness (QED) is 0.871. The molecule has 2 nitrogen and oxygen atoms in total. The fourth-order valence-electron chi connectivity index (χ4n) is 3.40. The monoisotopic (exact) mass is 269 g/mol. The summed E-state index contributed by atoms with van der Waals surface area (Å²) >= 11 is 0. The van der Waals surface area contributed by atoms with Gasteiger partial charge < -0.3 is 10.4 Å². The lowest BCUT2D eigenvalue weighted by Crippen LogP contribution is -2.31. The molecular formula is C18H23NO. The number of phenols is 1. The summed E-state index contributed by atoms with van der Waals surface area (Å²) in [5, 5.41) is 16.1. The third kappa shape index (κ3) is 2.66. The van der Waals surface area contributed by atoms with E-state index in [1.165, 1.54) is 31.1 Å². The Kier molecular flexibility index (Phi) is 3.93. The molecule has 1 fully saturated rings. The molecule has 0 bridgehead atoms. The summed E-state index contributed by atoms with van der Waals surface area (Å²) in [6, 6.07) is 12.6. The van der Waals surface area contributed by atoms with Gasteiger partial charge in [-0.05, 0) is 42.5 Å². The van der Waals surface area contributed by atoms with Gasteiger partial charge in [-0.15, -0.1) is 0 Å². The molecule has 0 radical (unpaired) electrons. The van der Waals surface area contributed by atoms with Crippen LogP contribution in [0.25, 0.3) is 10.8 Å². The van der Waals surface area contributed by atoms with Crippen LogP contribution in [0.2, 0.25) is 0 Å². The third-order valence-corrected chi connectivity index (χ3v) is 4.72. The maximum absolute atomic E-state index is 10.1. The molecule has 1 atom stereocenters. The minimum atomic E-state index is 0.398. The molecular weight excluding hydrogens is 246 g/mol. The van der Waals surface area contributed by atoms with Gasteiger partial charge >= 0.3 is 0 Å². The highest BCUT2D eigenvalue weighted by Gasteiger charge is 2.21. The molecule has 1 aliphatic carbocycles. The first-order valence-corrected chi connectivity index (χ1v) is 7.68. The number of aromatic hydroxyl groups is 1. The molecule has 0 heterocycles. The summed E-state index contributed by atoms with van der Waals surface area (Å²) < 4.78 is 0. The Bertz CT molecular complexity index is 587. The third-order valence-electron chi connectivity index (χ3n) is 4.72. The standard InChI is InChI=1S/C18H23NO/c1-13(14-6-2-3-7-14)19-12-17-16-9-5-4-8-15(16)10-11-18(17)20/h4-5,8-11,13-14,19-20H,2-3,6-7,12H2,1H3/t13-/m1/s1. The highest BCUT2D eigenvalue weighted by molar-refractivity contribution is 5.87. The van der Waals surface area contributed by atoms with Crippen molar-refractivity contribution in [3.8, 4) is 5.75 Å². The maximum Gasteiger partial charge on any atom is 0.120 e. The number of nitrogens with one attached hydrogen (secondary N) is 1. The van der Waals surface area contributed by atoms with Crippen LogP contribution in [-0.4, -0.2) is 11.1 Å². The lowest BCUT2D eigenvalue weighted by Gasteiger charge is -2.21. The van der Waals surface area contributed by atoms with Crippen LogP contribution < -0.4 is 5.32 Å². The Balaban J connectivity index is 1.78. The molecule has 0 spiro atoms. The SMILES string of the molecule is C[C@@H](NCc1c(O)ccc2ccccc12)C1CCCC1. The van der Waals surface area contributed by atoms with Gasteiger partial charge in [-0.2, -0.15) is 0 Å². The zero-order valence-corrected chi connectivity index (χ0v) is 12.1. The summed E-state index contributed by atoms with van der Waals surface area (Å²) in [4.78, 5) is 0. The molecule has 106 valence electrons. The molecule has 0 aliphatic heterocycles. The minimum absolute atomic E-state index is 0.398. The van der Waals surface area contributed by atoms with E-state index in [1.807, 2.05) is 18.2 Å². The van der Waals surface area contributed by atoms with E-state index >= 15 is 0 Å². The van der Waals surface area contributed by atoms with Gasteiger partial charge in [0.25, 0.3) is 0 Å². The van der Waals surface area contributed by atoms with Gasteiger partial charge in [0.15, 0.2) is 0 Å². The molecule has 1 aliphatic rings. The lowest BCUT2D eigenvalue weighted by molar-refractivity contribution is 0.377. The minimum Gasteiger partial charge on any atom is -0.508 e. The van der Waals surface area contributed by atoms with Crippen molar-refractivity contribution < 1.29 is 5.11 Å². The van der Waals surface area contributed by atoms with E-state index in [-0.39, 0.29) is 0 Å². The Morgan fingerprint density at radius 2 is 1.90 bits per heavy atom. The number of hydrogen-bond donors (Lipinski definition) is 2. The van der Waals surface area contributed by atoms with Crippen LogP contribution in [0.15, 0.2) is 36.4 Å². The zero-order chi connectivity index (χ0) is 13.9. The normalized spacial score (nSPS) is 17.6. The molecule has 20 heavy (non-hydrogen) atoms. The van der Waals surface area contributed by atoms with Crippen LogP contribution in [0.4, 0.5) is 0 Å². The fraction of sp³-hybridized carbons (Fsp3) is 0.444. The van der Waals surface area contributed by atoms with Crippen LogP contribution >= 0.6 is 0 Å². The lowest BCUT2D eigenvalue weighted by atomic mass is 9.98. The van der Waals surface area contributed by atoms with Gasteiger partial charge in [0, 0.05) is 18.2 Å². The largest absolute Gasteiger partial charge is 0.508 e. The summed E-state index contributed by atoms with van der Waals surface area (Å²) in [6.07, 6.45) is 5.43. The van der Waals surface area contributed by atoms with Crippen molar-refractivity contribution in [1.29, 1.82) is 0 Å². The topological polar surface area (TPSA) is 32.3 Å². The van der Waals surface area contributed by atoms with E-state index in [2.05, 4.69) is 24.4 Å². The van der Waals surface area contributed by atoms with Crippen LogP contribution in [-0.2, 0) is 6.54 Å². The second kappa shape index (κ2) is 5.84. The molecule has 0 saturated heterocycles. The molecule has 0 unspecified atom stereocenters. The smallest absolute Gasteiger partial charge is 0.120 e. The Hall–Kier alpha value is -1.54. The number of phenolic OH excluding ortho intramolecular Hbond substituents is 1. The van der Waals surface area contributed by atoms with E-state index in [9.17, 15) is 5.11 Å². The summed E-state index contributed by atoms with van der Waals surface area (Å²) in [6.45, 7) is 3.02. The van der Waals surface area contributed by atoms with Gasteiger partial charge in [-0.25, -0.2) is 0 Å². The predicted molar refractivity (Wildman–Crippen MR) is 83.9 cm³/mol. The number of rotatable bonds is 4. The highest BCUT2D eigenvalue weighted by atomic mass is 16.3. The molecule has 2 N–H and O–H groups in total. The van der Waals surface area contributed by atoms with Crippen molar-refractivity contribution in [2.45, 2.75) is 45.2 Å². The van der Waals surface area contributed by atoms with Crippen LogP contribution in [0.1, 0.15) is 38.2 Å².